The van der Waals surface area contributed by atoms with Crippen LogP contribution in [0.15, 0.2) is 11.6 Å². The van der Waals surface area contributed by atoms with E-state index in [0.29, 0.717) is 0 Å². The van der Waals surface area contributed by atoms with Gasteiger partial charge in [-0.15, -0.1) is 0 Å². The van der Waals surface area contributed by atoms with Crippen molar-refractivity contribution < 1.29 is 0 Å². The van der Waals surface area contributed by atoms with Gasteiger partial charge in [0, 0.05) is 0 Å². The van der Waals surface area contributed by atoms with Crippen molar-refractivity contribution in [2.75, 3.05) is 13.6 Å². The number of nitrogens with one attached hydrogen (secondary N) is 1. The van der Waals surface area contributed by atoms with E-state index in [2.05, 4.69) is 25.2 Å². The highest BCUT2D eigenvalue weighted by Gasteiger charge is 1.82. The summed E-state index contributed by atoms with van der Waals surface area (Å²) < 4.78 is 0. The lowest BCUT2D eigenvalue weighted by Crippen LogP contribution is -2.07. The molecule has 0 atom stereocenters. The second-order valence-electron chi connectivity index (χ2n) is 1.99. The van der Waals surface area contributed by atoms with Gasteiger partial charge in [-0.2, -0.15) is 0 Å². The van der Waals surface area contributed by atoms with Gasteiger partial charge in [-0.1, -0.05) is 11.6 Å². The van der Waals surface area contributed by atoms with Crippen molar-refractivity contribution in [3.05, 3.63) is 11.6 Å². The van der Waals surface area contributed by atoms with Crippen molar-refractivity contribution in [2.24, 2.45) is 0 Å². The Morgan fingerprint density at radius 3 is 2.62 bits per heavy atom. The third-order valence-corrected chi connectivity index (χ3v) is 1.26. The van der Waals surface area contributed by atoms with Gasteiger partial charge in [-0.25, -0.2) is 0 Å². The fourth-order valence-corrected chi connectivity index (χ4v) is 0.467. The molecule has 0 aromatic rings. The van der Waals surface area contributed by atoms with E-state index in [1.54, 1.807) is 0 Å². The average Bonchev–Trinajstić information content (AvgIpc) is 1.83. The first-order valence-electron chi connectivity index (χ1n) is 3.07. The van der Waals surface area contributed by atoms with Crippen molar-refractivity contribution in [1.82, 2.24) is 5.32 Å². The van der Waals surface area contributed by atoms with Crippen LogP contribution in [0.3, 0.4) is 0 Å². The molecule has 0 bridgehead atoms. The summed E-state index contributed by atoms with van der Waals surface area (Å²) in [5, 5.41) is 3.09. The zero-order chi connectivity index (χ0) is 6.41. The Balaban J connectivity index is 3.12. The molecule has 0 fully saturated rings. The van der Waals surface area contributed by atoms with Gasteiger partial charge in [0.2, 0.25) is 0 Å². The Morgan fingerprint density at radius 2 is 2.25 bits per heavy atom. The Morgan fingerprint density at radius 1 is 1.62 bits per heavy atom. The highest BCUT2D eigenvalue weighted by molar-refractivity contribution is 4.95. The maximum absolute atomic E-state index is 3.09. The first-order chi connectivity index (χ1) is 3.81. The minimum Gasteiger partial charge on any atom is -0.319 e. The third kappa shape index (κ3) is 3.88. The molecule has 0 aliphatic carbocycles. The Kier molecular flexibility index (Phi) is 4.67. The van der Waals surface area contributed by atoms with Crippen LogP contribution >= 0.6 is 0 Å². The lowest BCUT2D eigenvalue weighted by Gasteiger charge is -1.96. The Labute approximate surface area is 51.8 Å². The Bertz CT molecular complexity index is 74.5. The quantitative estimate of drug-likeness (QED) is 0.548. The van der Waals surface area contributed by atoms with Crippen LogP contribution in [-0.2, 0) is 0 Å². The van der Waals surface area contributed by atoms with Gasteiger partial charge >= 0.3 is 0 Å². The standard InChI is InChI=1S/C7H15N/c1-4-7(2)5-6-8-3/h4,8H,5-6H2,1-3H3/b7-4-. The molecule has 0 saturated heterocycles. The maximum atomic E-state index is 3.09. The highest BCUT2D eigenvalue weighted by Crippen LogP contribution is 1.95. The molecule has 48 valence electrons. The monoisotopic (exact) mass is 113 g/mol. The molecule has 8 heavy (non-hydrogen) atoms. The van der Waals surface area contributed by atoms with Crippen LogP contribution in [0.5, 0.6) is 0 Å². The first kappa shape index (κ1) is 7.70. The molecule has 0 unspecified atom stereocenters. The molecule has 0 heterocycles. The number of rotatable bonds is 3. The normalized spacial score (nSPS) is 12.1. The van der Waals surface area contributed by atoms with E-state index >= 15 is 0 Å². The highest BCUT2D eigenvalue weighted by atomic mass is 14.8. The van der Waals surface area contributed by atoms with Crippen LogP contribution in [0, 0.1) is 0 Å². The molecule has 0 spiro atoms. The second kappa shape index (κ2) is 4.85. The first-order valence-corrected chi connectivity index (χ1v) is 3.07. The lowest BCUT2D eigenvalue weighted by atomic mass is 10.2. The van der Waals surface area contributed by atoms with Crippen molar-refractivity contribution in [1.29, 1.82) is 0 Å². The van der Waals surface area contributed by atoms with Crippen LogP contribution in [0.2, 0.25) is 0 Å². The van der Waals surface area contributed by atoms with E-state index in [0.717, 1.165) is 6.54 Å². The average molecular weight is 113 g/mol. The van der Waals surface area contributed by atoms with E-state index in [4.69, 9.17) is 0 Å². The summed E-state index contributed by atoms with van der Waals surface area (Å²) in [5.74, 6) is 0. The molecule has 1 nitrogen and oxygen atoms in total. The second-order valence-corrected chi connectivity index (χ2v) is 1.99. The summed E-state index contributed by atoms with van der Waals surface area (Å²) in [5.41, 5.74) is 1.46. The lowest BCUT2D eigenvalue weighted by molar-refractivity contribution is 0.784. The number of allylic oxidation sites excluding steroid dienone is 1. The third-order valence-electron chi connectivity index (χ3n) is 1.26. The fraction of sp³-hybridized carbons (Fsp3) is 0.714. The van der Waals surface area contributed by atoms with E-state index < -0.39 is 0 Å². The molecule has 0 aromatic heterocycles. The van der Waals surface area contributed by atoms with Crippen LogP contribution in [0.4, 0.5) is 0 Å². The predicted octanol–water partition coefficient (Wildman–Crippen LogP) is 1.56. The number of hydrogen-bond acceptors (Lipinski definition) is 1. The largest absolute Gasteiger partial charge is 0.319 e. The SMILES string of the molecule is C/C=C(/C)CCNC. The molecule has 0 radical (unpaired) electrons. The summed E-state index contributed by atoms with van der Waals surface area (Å²) in [6, 6.07) is 0. The van der Waals surface area contributed by atoms with Gasteiger partial charge in [0.15, 0.2) is 0 Å². The van der Waals surface area contributed by atoms with Crippen LogP contribution < -0.4 is 5.32 Å². The van der Waals surface area contributed by atoms with E-state index in [9.17, 15) is 0 Å². The zero-order valence-corrected chi connectivity index (χ0v) is 5.99. The van der Waals surface area contributed by atoms with Gasteiger partial charge in [0.05, 0.1) is 0 Å². The van der Waals surface area contributed by atoms with Crippen molar-refractivity contribution in [2.45, 2.75) is 20.3 Å². The topological polar surface area (TPSA) is 12.0 Å². The summed E-state index contributed by atoms with van der Waals surface area (Å²) in [7, 11) is 1.98. The molecular weight excluding hydrogens is 98.1 g/mol. The molecule has 1 heteroatoms. The van der Waals surface area contributed by atoms with Crippen LogP contribution in [0.25, 0.3) is 0 Å². The van der Waals surface area contributed by atoms with Gasteiger partial charge in [-0.3, -0.25) is 0 Å². The smallest absolute Gasteiger partial charge is 0.00147 e. The molecule has 0 aliphatic heterocycles. The summed E-state index contributed by atoms with van der Waals surface area (Å²) in [6.45, 7) is 5.32. The molecule has 0 amide bonds. The van der Waals surface area contributed by atoms with Gasteiger partial charge in [-0.05, 0) is 33.9 Å². The molecule has 0 saturated carbocycles. The van der Waals surface area contributed by atoms with Crippen LogP contribution in [-0.4, -0.2) is 13.6 Å². The maximum Gasteiger partial charge on any atom is -0.00147 e. The molecule has 0 rings (SSSR count). The van der Waals surface area contributed by atoms with Crippen molar-refractivity contribution in [3.63, 3.8) is 0 Å². The minimum atomic E-state index is 1.09. The zero-order valence-electron chi connectivity index (χ0n) is 5.99. The van der Waals surface area contributed by atoms with Crippen molar-refractivity contribution in [3.8, 4) is 0 Å². The van der Waals surface area contributed by atoms with Gasteiger partial charge < -0.3 is 5.32 Å². The van der Waals surface area contributed by atoms with Crippen LogP contribution in [0.1, 0.15) is 20.3 Å². The van der Waals surface area contributed by atoms with E-state index in [-0.39, 0.29) is 0 Å². The molecule has 1 N–H and O–H groups in total. The summed E-state index contributed by atoms with van der Waals surface area (Å²) in [4.78, 5) is 0. The molecule has 0 aliphatic rings. The van der Waals surface area contributed by atoms with Crippen molar-refractivity contribution >= 4 is 0 Å². The Hall–Kier alpha value is -0.300. The fourth-order valence-electron chi connectivity index (χ4n) is 0.467. The minimum absolute atomic E-state index is 1.09. The van der Waals surface area contributed by atoms with Gasteiger partial charge in [0.1, 0.15) is 0 Å². The van der Waals surface area contributed by atoms with E-state index in [1.807, 2.05) is 7.05 Å². The molecule has 0 aromatic carbocycles. The van der Waals surface area contributed by atoms with Gasteiger partial charge in [0.25, 0.3) is 0 Å². The number of hydrogen-bond donors (Lipinski definition) is 1. The predicted molar refractivity (Wildman–Crippen MR) is 38.0 cm³/mol. The summed E-state index contributed by atoms with van der Waals surface area (Å²) >= 11 is 0. The van der Waals surface area contributed by atoms with E-state index in [1.165, 1.54) is 12.0 Å². The summed E-state index contributed by atoms with van der Waals surface area (Å²) in [6.07, 6.45) is 3.32. The molecular formula is C7H15N.